The van der Waals surface area contributed by atoms with Gasteiger partial charge < -0.3 is 0 Å². The van der Waals surface area contributed by atoms with Crippen molar-refractivity contribution in [2.75, 3.05) is 0 Å². The first-order valence-corrected chi connectivity index (χ1v) is 16.5. The summed E-state index contributed by atoms with van der Waals surface area (Å²) < 4.78 is 0. The second kappa shape index (κ2) is 11.9. The summed E-state index contributed by atoms with van der Waals surface area (Å²) >= 11 is 0. The minimum absolute atomic E-state index is 0.0805. The summed E-state index contributed by atoms with van der Waals surface area (Å²) in [6, 6.07) is 0. The third kappa shape index (κ3) is 4.08. The summed E-state index contributed by atoms with van der Waals surface area (Å²) in [6.07, 6.45) is 8.36. The zero-order chi connectivity index (χ0) is 34.7. The number of nitrogens with zero attached hydrogens (tertiary/aromatic N) is 2. The van der Waals surface area contributed by atoms with Crippen LogP contribution in [-0.2, 0) is 33.6 Å². The molecule has 3 amide bonds. The smallest absolute Gasteiger partial charge is 0.289 e. The Hall–Kier alpha value is -4.09. The van der Waals surface area contributed by atoms with E-state index in [1.54, 1.807) is 20.8 Å². The van der Waals surface area contributed by atoms with Crippen LogP contribution in [0.3, 0.4) is 0 Å². The first-order chi connectivity index (χ1) is 22.3. The number of ketones is 4. The molecule has 1 aliphatic heterocycles. The van der Waals surface area contributed by atoms with Crippen LogP contribution in [0.25, 0.3) is 0 Å². The molecule has 4 fully saturated rings. The van der Waals surface area contributed by atoms with Crippen molar-refractivity contribution in [2.45, 2.75) is 91.5 Å². The molecule has 1 saturated heterocycles. The van der Waals surface area contributed by atoms with Crippen molar-refractivity contribution < 1.29 is 33.6 Å². The predicted octanol–water partition coefficient (Wildman–Crippen LogP) is 4.44. The number of nitroso groups, excluding NO2 is 2. The zero-order valence-corrected chi connectivity index (χ0v) is 27.4. The molecule has 5 rings (SSSR count). The second-order valence-electron chi connectivity index (χ2n) is 14.2. The van der Waals surface area contributed by atoms with E-state index in [0.29, 0.717) is 12.8 Å². The number of rotatable bonds is 12. The number of carbonyl (C=O) groups excluding carboxylic acids is 7. The summed E-state index contributed by atoms with van der Waals surface area (Å²) in [5, 5.41) is 8.14. The lowest BCUT2D eigenvalue weighted by Gasteiger charge is -2.38. The Labute approximate surface area is 272 Å². The van der Waals surface area contributed by atoms with Crippen molar-refractivity contribution in [3.8, 4) is 0 Å². The lowest BCUT2D eigenvalue weighted by molar-refractivity contribution is -0.142. The minimum atomic E-state index is -2.18. The molecule has 1 heterocycles. The number of hydrogen-bond donors (Lipinski definition) is 1. The quantitative estimate of drug-likeness (QED) is 0.0797. The van der Waals surface area contributed by atoms with Gasteiger partial charge in [0, 0.05) is 16.7 Å². The number of amides is 3. The molecule has 9 atom stereocenters. The summed E-state index contributed by atoms with van der Waals surface area (Å²) in [6.45, 7) is 8.34. The number of carbonyl (C=O) groups is 7. The first kappa shape index (κ1) is 34.3. The maximum atomic E-state index is 15.1. The van der Waals surface area contributed by atoms with Crippen molar-refractivity contribution in [2.24, 2.45) is 56.2 Å². The highest BCUT2D eigenvalue weighted by atomic mass is 16.3. The summed E-state index contributed by atoms with van der Waals surface area (Å²) in [5.41, 5.74) is -8.57. The highest BCUT2D eigenvalue weighted by Gasteiger charge is 3.00. The van der Waals surface area contributed by atoms with Crippen molar-refractivity contribution in [1.82, 2.24) is 5.32 Å². The number of piperidine rings is 1. The third-order valence-electron chi connectivity index (χ3n) is 12.2. The van der Waals surface area contributed by atoms with Gasteiger partial charge in [-0.25, -0.2) is 0 Å². The zero-order valence-electron chi connectivity index (χ0n) is 27.4. The topological polar surface area (TPSA) is 190 Å². The predicted molar refractivity (Wildman–Crippen MR) is 168 cm³/mol. The van der Waals surface area contributed by atoms with Crippen LogP contribution in [0.5, 0.6) is 0 Å². The summed E-state index contributed by atoms with van der Waals surface area (Å²) in [5.74, 6) is -9.95. The molecular formula is C35H41N3O9. The maximum absolute atomic E-state index is 15.1. The molecule has 0 aromatic carbocycles. The van der Waals surface area contributed by atoms with Gasteiger partial charge in [-0.1, -0.05) is 62.9 Å². The van der Waals surface area contributed by atoms with Crippen LogP contribution in [0.2, 0.25) is 0 Å². The van der Waals surface area contributed by atoms with Crippen LogP contribution in [0, 0.1) is 55.6 Å². The average Bonchev–Trinajstić information content (AvgIpc) is 3.23. The number of allylic oxidation sites excluding steroid dienone is 5. The van der Waals surface area contributed by atoms with E-state index < -0.39 is 97.8 Å². The van der Waals surface area contributed by atoms with E-state index >= 15 is 4.79 Å². The van der Waals surface area contributed by atoms with E-state index in [2.05, 4.69) is 15.7 Å². The van der Waals surface area contributed by atoms with Crippen LogP contribution in [0.15, 0.2) is 45.8 Å². The van der Waals surface area contributed by atoms with E-state index in [-0.39, 0.29) is 31.3 Å². The molecule has 1 N–H and O–H groups in total. The lowest BCUT2D eigenvalue weighted by atomic mass is 9.63. The molecule has 9 unspecified atom stereocenters. The molecule has 12 heteroatoms. The number of nitrogens with one attached hydrogen (secondary N) is 1. The van der Waals surface area contributed by atoms with Crippen LogP contribution in [0.4, 0.5) is 0 Å². The van der Waals surface area contributed by atoms with E-state index in [0.717, 1.165) is 18.9 Å². The highest BCUT2D eigenvalue weighted by molar-refractivity contribution is 6.45. The molecule has 0 radical (unpaired) electrons. The van der Waals surface area contributed by atoms with E-state index in [1.165, 1.54) is 25.2 Å². The largest absolute Gasteiger partial charge is 0.295 e. The third-order valence-corrected chi connectivity index (χ3v) is 12.2. The number of hydrogen-bond acceptors (Lipinski definition) is 10. The molecule has 0 aromatic rings. The molecule has 1 spiro atoms. The number of Topliss-reactive ketones (excluding diaryl/α,β-unsaturated/α-hetero) is 3. The molecule has 4 aliphatic carbocycles. The van der Waals surface area contributed by atoms with E-state index in [1.807, 2.05) is 6.92 Å². The lowest BCUT2D eigenvalue weighted by Crippen LogP contribution is -2.51. The van der Waals surface area contributed by atoms with Crippen molar-refractivity contribution in [1.29, 1.82) is 0 Å². The molecule has 0 aromatic heterocycles. The first-order valence-electron chi connectivity index (χ1n) is 16.5. The monoisotopic (exact) mass is 647 g/mol. The van der Waals surface area contributed by atoms with Gasteiger partial charge in [0.2, 0.25) is 11.8 Å². The Bertz CT molecular complexity index is 1610. The van der Waals surface area contributed by atoms with Gasteiger partial charge in [-0.15, -0.1) is 9.81 Å². The average molecular weight is 648 g/mol. The number of unbranched alkanes of at least 4 members (excludes halogenated alkanes) is 3. The normalized spacial score (nSPS) is 39.1. The number of fused-ring (bicyclic) bond motifs is 2. The van der Waals surface area contributed by atoms with Crippen molar-refractivity contribution >= 4 is 40.9 Å². The minimum Gasteiger partial charge on any atom is -0.295 e. The van der Waals surface area contributed by atoms with Gasteiger partial charge in [-0.05, 0) is 70.3 Å². The molecule has 5 aliphatic rings. The summed E-state index contributed by atoms with van der Waals surface area (Å²) in [7, 11) is 0. The van der Waals surface area contributed by atoms with Gasteiger partial charge in [0.25, 0.3) is 5.91 Å². The van der Waals surface area contributed by atoms with Crippen LogP contribution in [-0.4, -0.2) is 46.4 Å². The highest BCUT2D eigenvalue weighted by Crippen LogP contribution is 2.85. The Morgan fingerprint density at radius 1 is 0.957 bits per heavy atom. The van der Waals surface area contributed by atoms with Gasteiger partial charge in [-0.3, -0.25) is 38.9 Å². The molecular weight excluding hydrogens is 606 g/mol. The fourth-order valence-electron chi connectivity index (χ4n) is 10.3. The van der Waals surface area contributed by atoms with Crippen molar-refractivity contribution in [3.63, 3.8) is 0 Å². The van der Waals surface area contributed by atoms with Gasteiger partial charge in [0.15, 0.2) is 28.7 Å². The molecule has 0 bridgehead atoms. The summed E-state index contributed by atoms with van der Waals surface area (Å²) in [4.78, 5) is 122. The Morgan fingerprint density at radius 3 is 2.26 bits per heavy atom. The van der Waals surface area contributed by atoms with Gasteiger partial charge in [0.1, 0.15) is 5.41 Å². The van der Waals surface area contributed by atoms with Crippen LogP contribution >= 0.6 is 0 Å². The Balaban J connectivity index is 1.69. The molecule has 250 valence electrons. The number of imide groups is 1. The molecule has 12 nitrogen and oxygen atoms in total. The fraction of sp³-hybridized carbons (Fsp3) is 0.629. The van der Waals surface area contributed by atoms with Gasteiger partial charge >= 0.3 is 0 Å². The van der Waals surface area contributed by atoms with Crippen LogP contribution < -0.4 is 5.32 Å². The van der Waals surface area contributed by atoms with Crippen molar-refractivity contribution in [3.05, 3.63) is 45.3 Å². The molecule has 47 heavy (non-hydrogen) atoms. The Morgan fingerprint density at radius 2 is 1.66 bits per heavy atom. The SMILES string of the molecule is C/C=C/C(=O)C1(N=O)CC2CC(C(=O)N=O)CC(C)C2C1C(=O)C1=C(/C=C/C)C(=O)C2(C)C3(CCCCCC)C(=O)NC(=O)C23C1=O. The standard InChI is InChI=1S/C35H41N3O9/c1-6-9-10-11-14-34-30(44)36-31(45)35(34)28(42)24(21(12-7-2)27(41)32(34,35)5)26(40)25-23-18(4)15-19(29(43)37-46)16-20(23)17-33(25,38-47)22(39)13-8-3/h7-8,12-13,18-20,23,25H,6,9-11,14-17H2,1-5H3,(H,36,44,45)/b12-7+,13-8+. The maximum Gasteiger partial charge on any atom is 0.289 e. The van der Waals surface area contributed by atoms with Gasteiger partial charge in [-0.2, -0.15) is 0 Å². The fourth-order valence-corrected chi connectivity index (χ4v) is 10.3. The Kier molecular flexibility index (Phi) is 8.64. The molecule has 3 saturated carbocycles. The van der Waals surface area contributed by atoms with Crippen LogP contribution in [0.1, 0.15) is 86.0 Å². The van der Waals surface area contributed by atoms with Gasteiger partial charge in [0.05, 0.1) is 22.3 Å². The van der Waals surface area contributed by atoms with E-state index in [9.17, 15) is 38.6 Å². The van der Waals surface area contributed by atoms with E-state index in [4.69, 9.17) is 0 Å². The second-order valence-corrected chi connectivity index (χ2v) is 14.2.